The number of ether oxygens (including phenoxy) is 1. The van der Waals surface area contributed by atoms with Crippen LogP contribution in [0.1, 0.15) is 19.8 Å². The van der Waals surface area contributed by atoms with E-state index >= 15 is 0 Å². The molecule has 6 heteroatoms. The predicted molar refractivity (Wildman–Crippen MR) is 49.2 cm³/mol. The Morgan fingerprint density at radius 3 is 2.00 bits per heavy atom. The molecule has 0 aliphatic heterocycles. The molecule has 6 nitrogen and oxygen atoms in total. The van der Waals surface area contributed by atoms with E-state index in [1.807, 2.05) is 0 Å². The van der Waals surface area contributed by atoms with Gasteiger partial charge in [-0.3, -0.25) is 9.59 Å². The fourth-order valence-corrected chi connectivity index (χ4v) is 0.956. The van der Waals surface area contributed by atoms with Crippen LogP contribution < -0.4 is 0 Å². The zero-order chi connectivity index (χ0) is 12.0. The van der Waals surface area contributed by atoms with E-state index in [1.54, 1.807) is 0 Å². The van der Waals surface area contributed by atoms with E-state index in [-0.39, 0.29) is 17.6 Å². The molecule has 0 saturated heterocycles. The van der Waals surface area contributed by atoms with Crippen molar-refractivity contribution in [3.05, 3.63) is 11.1 Å². The zero-order valence-corrected chi connectivity index (χ0v) is 8.44. The summed E-state index contributed by atoms with van der Waals surface area (Å²) in [5.41, 5.74) is -0.0929. The van der Waals surface area contributed by atoms with Gasteiger partial charge < -0.3 is 14.9 Å². The number of hydrogen-bond acceptors (Lipinski definition) is 4. The maximum atomic E-state index is 10.8. The van der Waals surface area contributed by atoms with Crippen LogP contribution in [0.5, 0.6) is 0 Å². The average Bonchev–Trinajstić information content (AvgIpc) is 2.12. The standard InChI is InChI=1S/C9H12O6/c1-5(3-8(12)15-2)6(9(13)14)4-7(10)11/h3-4H2,1-2H3,(H,10,11)(H,13,14). The molecule has 0 spiro atoms. The second-order valence-corrected chi connectivity index (χ2v) is 2.89. The first-order valence-electron chi connectivity index (χ1n) is 4.09. The smallest absolute Gasteiger partial charge is 0.332 e. The molecule has 0 bridgehead atoms. The van der Waals surface area contributed by atoms with Crippen molar-refractivity contribution >= 4 is 17.9 Å². The van der Waals surface area contributed by atoms with E-state index in [0.29, 0.717) is 0 Å². The lowest BCUT2D eigenvalue weighted by Gasteiger charge is -2.05. The molecule has 84 valence electrons. The van der Waals surface area contributed by atoms with Crippen molar-refractivity contribution in [1.82, 2.24) is 0 Å². The largest absolute Gasteiger partial charge is 0.481 e. The minimum Gasteiger partial charge on any atom is -0.481 e. The third kappa shape index (κ3) is 4.80. The number of aliphatic carboxylic acids is 2. The molecule has 0 aromatic rings. The minimum absolute atomic E-state index is 0.191. The summed E-state index contributed by atoms with van der Waals surface area (Å²) in [6, 6.07) is 0. The number of carboxylic acid groups (broad SMARTS) is 2. The Labute approximate surface area is 86.2 Å². The van der Waals surface area contributed by atoms with Gasteiger partial charge in [0.25, 0.3) is 0 Å². The normalized spacial score (nSPS) is 11.6. The van der Waals surface area contributed by atoms with E-state index in [4.69, 9.17) is 10.2 Å². The summed E-state index contributed by atoms with van der Waals surface area (Å²) in [4.78, 5) is 31.9. The maximum absolute atomic E-state index is 10.8. The van der Waals surface area contributed by atoms with Crippen molar-refractivity contribution in [3.63, 3.8) is 0 Å². The third-order valence-electron chi connectivity index (χ3n) is 1.74. The Morgan fingerprint density at radius 2 is 1.67 bits per heavy atom. The SMILES string of the molecule is COC(=O)CC(C)=C(CC(=O)O)C(=O)O. The highest BCUT2D eigenvalue weighted by atomic mass is 16.5. The first-order valence-corrected chi connectivity index (χ1v) is 4.09. The van der Waals surface area contributed by atoms with Crippen LogP contribution in [-0.2, 0) is 19.1 Å². The molecule has 0 atom stereocenters. The van der Waals surface area contributed by atoms with Crippen molar-refractivity contribution < 1.29 is 29.3 Å². The maximum Gasteiger partial charge on any atom is 0.332 e. The lowest BCUT2D eigenvalue weighted by molar-refractivity contribution is -0.140. The molecule has 0 amide bonds. The summed E-state index contributed by atoms with van der Waals surface area (Å²) in [6.07, 6.45) is -0.830. The molecule has 0 aromatic heterocycles. The van der Waals surface area contributed by atoms with Crippen LogP contribution in [0, 0.1) is 0 Å². The van der Waals surface area contributed by atoms with Crippen LogP contribution in [0.2, 0.25) is 0 Å². The summed E-state index contributed by atoms with van der Waals surface area (Å²) in [7, 11) is 1.17. The Kier molecular flexibility index (Phi) is 5.08. The highest BCUT2D eigenvalue weighted by Crippen LogP contribution is 2.13. The molecule has 0 aromatic carbocycles. The van der Waals surface area contributed by atoms with Crippen LogP contribution in [0.3, 0.4) is 0 Å². The van der Waals surface area contributed by atoms with Crippen LogP contribution in [0.4, 0.5) is 0 Å². The topological polar surface area (TPSA) is 101 Å². The van der Waals surface area contributed by atoms with Gasteiger partial charge in [-0.2, -0.15) is 0 Å². The van der Waals surface area contributed by atoms with Gasteiger partial charge in [0.15, 0.2) is 0 Å². The Morgan fingerprint density at radius 1 is 1.13 bits per heavy atom. The highest BCUT2D eigenvalue weighted by molar-refractivity contribution is 5.93. The number of esters is 1. The Hall–Kier alpha value is -1.85. The fourth-order valence-electron chi connectivity index (χ4n) is 0.956. The number of carboxylic acids is 2. The van der Waals surface area contributed by atoms with Crippen LogP contribution in [0.25, 0.3) is 0 Å². The molecule has 0 saturated carbocycles. The predicted octanol–water partition coefficient (Wildman–Crippen LogP) is 0.425. The quantitative estimate of drug-likeness (QED) is 0.510. The van der Waals surface area contributed by atoms with Gasteiger partial charge in [0.1, 0.15) is 0 Å². The second kappa shape index (κ2) is 5.79. The number of rotatable bonds is 5. The molecule has 0 aliphatic carbocycles. The molecule has 0 radical (unpaired) electrons. The van der Waals surface area contributed by atoms with Gasteiger partial charge in [0.2, 0.25) is 0 Å². The van der Waals surface area contributed by atoms with Gasteiger partial charge >= 0.3 is 17.9 Å². The molecule has 2 N–H and O–H groups in total. The lowest BCUT2D eigenvalue weighted by Crippen LogP contribution is -2.11. The van der Waals surface area contributed by atoms with E-state index in [9.17, 15) is 14.4 Å². The average molecular weight is 216 g/mol. The molecular formula is C9H12O6. The lowest BCUT2D eigenvalue weighted by atomic mass is 10.0. The van der Waals surface area contributed by atoms with Crippen molar-refractivity contribution in [2.45, 2.75) is 19.8 Å². The Balaban J connectivity index is 4.83. The summed E-state index contributed by atoms with van der Waals surface area (Å²) >= 11 is 0. The molecule has 15 heavy (non-hydrogen) atoms. The van der Waals surface area contributed by atoms with E-state index in [2.05, 4.69) is 4.74 Å². The minimum atomic E-state index is -1.33. The molecule has 0 heterocycles. The number of methoxy groups -OCH3 is 1. The zero-order valence-electron chi connectivity index (χ0n) is 8.44. The van der Waals surface area contributed by atoms with Crippen molar-refractivity contribution in [2.75, 3.05) is 7.11 Å². The molecule has 0 unspecified atom stereocenters. The monoisotopic (exact) mass is 216 g/mol. The van der Waals surface area contributed by atoms with E-state index in [0.717, 1.165) is 0 Å². The number of carbonyl (C=O) groups excluding carboxylic acids is 1. The molecule has 0 rings (SSSR count). The van der Waals surface area contributed by atoms with E-state index in [1.165, 1.54) is 14.0 Å². The van der Waals surface area contributed by atoms with E-state index < -0.39 is 24.3 Å². The molecule has 0 aliphatic rings. The number of hydrogen-bond donors (Lipinski definition) is 2. The first-order chi connectivity index (χ1) is 6.88. The third-order valence-corrected chi connectivity index (χ3v) is 1.74. The fraction of sp³-hybridized carbons (Fsp3) is 0.444. The van der Waals surface area contributed by atoms with Gasteiger partial charge in [-0.25, -0.2) is 4.79 Å². The number of carbonyl (C=O) groups is 3. The summed E-state index contributed by atoms with van der Waals surface area (Å²) < 4.78 is 4.34. The van der Waals surface area contributed by atoms with Gasteiger partial charge in [0.05, 0.1) is 20.0 Å². The Bertz CT molecular complexity index is 315. The van der Waals surface area contributed by atoms with Gasteiger partial charge in [-0.05, 0) is 6.92 Å². The molecular weight excluding hydrogens is 204 g/mol. The van der Waals surface area contributed by atoms with Crippen LogP contribution in [-0.4, -0.2) is 35.2 Å². The van der Waals surface area contributed by atoms with Crippen LogP contribution in [0.15, 0.2) is 11.1 Å². The summed E-state index contributed by atoms with van der Waals surface area (Å²) in [6.45, 7) is 1.39. The van der Waals surface area contributed by atoms with Crippen molar-refractivity contribution in [3.8, 4) is 0 Å². The first kappa shape index (κ1) is 13.2. The summed E-state index contributed by atoms with van der Waals surface area (Å²) in [5.74, 6) is -3.19. The van der Waals surface area contributed by atoms with Crippen molar-refractivity contribution in [1.29, 1.82) is 0 Å². The van der Waals surface area contributed by atoms with Gasteiger partial charge in [-0.15, -0.1) is 0 Å². The van der Waals surface area contributed by atoms with Crippen molar-refractivity contribution in [2.24, 2.45) is 0 Å². The van der Waals surface area contributed by atoms with Gasteiger partial charge in [0, 0.05) is 5.57 Å². The highest BCUT2D eigenvalue weighted by Gasteiger charge is 2.17. The second-order valence-electron chi connectivity index (χ2n) is 2.89. The summed E-state index contributed by atoms with van der Waals surface area (Å²) in [5, 5.41) is 17.2. The molecule has 0 fully saturated rings. The van der Waals surface area contributed by atoms with Gasteiger partial charge in [-0.1, -0.05) is 5.57 Å². The van der Waals surface area contributed by atoms with Crippen LogP contribution >= 0.6 is 0 Å².